The van der Waals surface area contributed by atoms with Gasteiger partial charge in [0.25, 0.3) is 0 Å². The van der Waals surface area contributed by atoms with Crippen LogP contribution in [0.25, 0.3) is 0 Å². The molecule has 0 radical (unpaired) electrons. The van der Waals surface area contributed by atoms with Crippen LogP contribution in [-0.4, -0.2) is 44.5 Å². The Bertz CT molecular complexity index is 362. The molecule has 2 unspecified atom stereocenters. The van der Waals surface area contributed by atoms with Gasteiger partial charge in [-0.1, -0.05) is 5.21 Å². The first kappa shape index (κ1) is 12.4. The van der Waals surface area contributed by atoms with Crippen LogP contribution in [0, 0.1) is 0 Å². The van der Waals surface area contributed by atoms with E-state index in [2.05, 4.69) is 10.3 Å². The first-order valence-corrected chi connectivity index (χ1v) is 5.79. The molecule has 7 heteroatoms. The van der Waals surface area contributed by atoms with Crippen molar-refractivity contribution in [1.29, 1.82) is 0 Å². The number of aliphatic hydroxyl groups is 2. The number of hydrogen-bond acceptors (Lipinski definition) is 6. The summed E-state index contributed by atoms with van der Waals surface area (Å²) in [4.78, 5) is 0. The van der Waals surface area contributed by atoms with E-state index >= 15 is 0 Å². The molecule has 0 bridgehead atoms. The molecule has 1 aliphatic heterocycles. The number of rotatable bonds is 5. The smallest absolute Gasteiger partial charge is 0.102 e. The van der Waals surface area contributed by atoms with Crippen LogP contribution in [0.3, 0.4) is 0 Å². The molecule has 1 aliphatic rings. The maximum absolute atomic E-state index is 9.45. The fourth-order valence-corrected chi connectivity index (χ4v) is 2.04. The highest BCUT2D eigenvalue weighted by Gasteiger charge is 2.26. The molecule has 17 heavy (non-hydrogen) atoms. The van der Waals surface area contributed by atoms with Gasteiger partial charge in [-0.2, -0.15) is 0 Å². The molecule has 7 nitrogen and oxygen atoms in total. The molecular formula is C10H18N4O3. The zero-order valence-corrected chi connectivity index (χ0v) is 9.62. The Kier molecular flexibility index (Phi) is 4.06. The topological polar surface area (TPSA) is 106 Å². The van der Waals surface area contributed by atoms with Gasteiger partial charge in [0.1, 0.15) is 11.8 Å². The SMILES string of the molecule is NCc1nnn(CC(O)CO)c1C1CCCO1. The van der Waals surface area contributed by atoms with Gasteiger partial charge in [0, 0.05) is 13.2 Å². The van der Waals surface area contributed by atoms with Crippen LogP contribution in [0.2, 0.25) is 0 Å². The van der Waals surface area contributed by atoms with Gasteiger partial charge in [-0.15, -0.1) is 5.10 Å². The average molecular weight is 242 g/mol. The summed E-state index contributed by atoms with van der Waals surface area (Å²) in [6, 6.07) is 0. The summed E-state index contributed by atoms with van der Waals surface area (Å²) in [5, 5.41) is 26.2. The number of aliphatic hydroxyl groups excluding tert-OH is 2. The Morgan fingerprint density at radius 2 is 2.41 bits per heavy atom. The third-order valence-corrected chi connectivity index (χ3v) is 2.87. The lowest BCUT2D eigenvalue weighted by atomic mass is 10.1. The van der Waals surface area contributed by atoms with Crippen LogP contribution < -0.4 is 5.73 Å². The molecule has 1 fully saturated rings. The Hall–Kier alpha value is -1.02. The summed E-state index contributed by atoms with van der Waals surface area (Å²) < 4.78 is 7.18. The summed E-state index contributed by atoms with van der Waals surface area (Å²) in [5.41, 5.74) is 7.14. The first-order chi connectivity index (χ1) is 8.26. The van der Waals surface area contributed by atoms with E-state index in [-0.39, 0.29) is 19.3 Å². The van der Waals surface area contributed by atoms with E-state index in [0.717, 1.165) is 25.1 Å². The predicted molar refractivity (Wildman–Crippen MR) is 58.9 cm³/mol. The largest absolute Gasteiger partial charge is 0.394 e. The van der Waals surface area contributed by atoms with Crippen LogP contribution >= 0.6 is 0 Å². The van der Waals surface area contributed by atoms with Crippen LogP contribution in [0.5, 0.6) is 0 Å². The van der Waals surface area contributed by atoms with E-state index in [1.807, 2.05) is 0 Å². The zero-order chi connectivity index (χ0) is 12.3. The minimum atomic E-state index is -0.845. The summed E-state index contributed by atoms with van der Waals surface area (Å²) >= 11 is 0. The molecule has 1 aromatic heterocycles. The third-order valence-electron chi connectivity index (χ3n) is 2.87. The number of nitrogens with zero attached hydrogens (tertiary/aromatic N) is 3. The maximum Gasteiger partial charge on any atom is 0.102 e. The van der Waals surface area contributed by atoms with Crippen molar-refractivity contribution >= 4 is 0 Å². The van der Waals surface area contributed by atoms with Gasteiger partial charge in [0.15, 0.2) is 0 Å². The molecular weight excluding hydrogens is 224 g/mol. The molecule has 2 rings (SSSR count). The molecule has 1 aromatic rings. The molecule has 96 valence electrons. The van der Waals surface area contributed by atoms with Crippen molar-refractivity contribution in [1.82, 2.24) is 15.0 Å². The van der Waals surface area contributed by atoms with Gasteiger partial charge < -0.3 is 20.7 Å². The lowest BCUT2D eigenvalue weighted by Gasteiger charge is -2.15. The number of ether oxygens (including phenoxy) is 1. The van der Waals surface area contributed by atoms with Gasteiger partial charge in [-0.05, 0) is 12.8 Å². The van der Waals surface area contributed by atoms with Crippen molar-refractivity contribution in [3.05, 3.63) is 11.4 Å². The summed E-state index contributed by atoms with van der Waals surface area (Å²) in [6.45, 7) is 0.925. The fraction of sp³-hybridized carbons (Fsp3) is 0.800. The van der Waals surface area contributed by atoms with Crippen molar-refractivity contribution in [2.75, 3.05) is 13.2 Å². The molecule has 0 aliphatic carbocycles. The van der Waals surface area contributed by atoms with Crippen molar-refractivity contribution in [2.45, 2.75) is 38.1 Å². The van der Waals surface area contributed by atoms with E-state index in [1.54, 1.807) is 4.68 Å². The quantitative estimate of drug-likeness (QED) is 0.607. The lowest BCUT2D eigenvalue weighted by Crippen LogP contribution is -2.23. The van der Waals surface area contributed by atoms with Crippen molar-refractivity contribution in [3.8, 4) is 0 Å². The molecule has 0 amide bonds. The molecule has 0 spiro atoms. The number of hydrogen-bond donors (Lipinski definition) is 3. The summed E-state index contributed by atoms with van der Waals surface area (Å²) in [5.74, 6) is 0. The maximum atomic E-state index is 9.45. The Morgan fingerprint density at radius 3 is 3.00 bits per heavy atom. The second-order valence-electron chi connectivity index (χ2n) is 4.15. The standard InChI is InChI=1S/C10H18N4O3/c11-4-8-10(9-2-1-3-17-9)14(13-12-8)5-7(16)6-15/h7,9,15-16H,1-6,11H2. The Morgan fingerprint density at radius 1 is 1.59 bits per heavy atom. The minimum absolute atomic E-state index is 0.0468. The molecule has 4 N–H and O–H groups in total. The van der Waals surface area contributed by atoms with Gasteiger partial charge in [0.05, 0.1) is 24.9 Å². The van der Waals surface area contributed by atoms with Crippen LogP contribution in [-0.2, 0) is 17.8 Å². The Balaban J connectivity index is 2.22. The molecule has 2 atom stereocenters. The highest BCUT2D eigenvalue weighted by atomic mass is 16.5. The van der Waals surface area contributed by atoms with E-state index < -0.39 is 6.10 Å². The van der Waals surface area contributed by atoms with Crippen molar-refractivity contribution < 1.29 is 14.9 Å². The second kappa shape index (κ2) is 5.54. The average Bonchev–Trinajstić information content (AvgIpc) is 2.96. The first-order valence-electron chi connectivity index (χ1n) is 5.79. The van der Waals surface area contributed by atoms with Crippen molar-refractivity contribution in [2.24, 2.45) is 5.73 Å². The minimum Gasteiger partial charge on any atom is -0.394 e. The van der Waals surface area contributed by atoms with E-state index in [1.165, 1.54) is 0 Å². The molecule has 2 heterocycles. The van der Waals surface area contributed by atoms with Gasteiger partial charge in [0.2, 0.25) is 0 Å². The fourth-order valence-electron chi connectivity index (χ4n) is 2.04. The van der Waals surface area contributed by atoms with Gasteiger partial charge in [-0.3, -0.25) is 0 Å². The van der Waals surface area contributed by atoms with Crippen molar-refractivity contribution in [3.63, 3.8) is 0 Å². The predicted octanol–water partition coefficient (Wildman–Crippen LogP) is -1.06. The lowest BCUT2D eigenvalue weighted by molar-refractivity contribution is 0.0688. The zero-order valence-electron chi connectivity index (χ0n) is 9.62. The van der Waals surface area contributed by atoms with Gasteiger partial charge in [-0.25, -0.2) is 4.68 Å². The van der Waals surface area contributed by atoms with Gasteiger partial charge >= 0.3 is 0 Å². The normalized spacial score (nSPS) is 21.9. The van der Waals surface area contributed by atoms with E-state index in [4.69, 9.17) is 15.6 Å². The number of aromatic nitrogens is 3. The number of nitrogens with two attached hydrogens (primary N) is 1. The van der Waals surface area contributed by atoms with Crippen LogP contribution in [0.15, 0.2) is 0 Å². The highest BCUT2D eigenvalue weighted by molar-refractivity contribution is 5.14. The van der Waals surface area contributed by atoms with Crippen LogP contribution in [0.4, 0.5) is 0 Å². The third kappa shape index (κ3) is 2.63. The highest BCUT2D eigenvalue weighted by Crippen LogP contribution is 2.29. The van der Waals surface area contributed by atoms with Crippen LogP contribution in [0.1, 0.15) is 30.3 Å². The summed E-state index contributed by atoms with van der Waals surface area (Å²) in [7, 11) is 0. The van der Waals surface area contributed by atoms with E-state index in [0.29, 0.717) is 12.2 Å². The monoisotopic (exact) mass is 242 g/mol. The molecule has 0 saturated carbocycles. The molecule has 0 aromatic carbocycles. The Labute approximate surface area is 99.2 Å². The second-order valence-corrected chi connectivity index (χ2v) is 4.15. The van der Waals surface area contributed by atoms with E-state index in [9.17, 15) is 5.11 Å². The summed E-state index contributed by atoms with van der Waals surface area (Å²) in [6.07, 6.45) is 1.02. The molecule has 1 saturated heterocycles.